The molecule has 12 nitrogen and oxygen atoms in total. The van der Waals surface area contributed by atoms with Crippen LogP contribution in [0.5, 0.6) is 5.75 Å². The van der Waals surface area contributed by atoms with Crippen LogP contribution < -0.4 is 21.4 Å². The highest BCUT2D eigenvalue weighted by Gasteiger charge is 2.36. The van der Waals surface area contributed by atoms with Crippen molar-refractivity contribution in [2.45, 2.75) is 58.5 Å². The predicted octanol–water partition coefficient (Wildman–Crippen LogP) is 2.72. The molecule has 218 valence electrons. The van der Waals surface area contributed by atoms with E-state index in [-0.39, 0.29) is 17.6 Å². The summed E-state index contributed by atoms with van der Waals surface area (Å²) < 4.78 is 8.33. The molecule has 12 heteroatoms. The monoisotopic (exact) mass is 572 g/mol. The molecule has 2 aromatic carbocycles. The van der Waals surface area contributed by atoms with Crippen molar-refractivity contribution in [2.75, 3.05) is 6.61 Å². The van der Waals surface area contributed by atoms with E-state index in [9.17, 15) is 24.0 Å². The lowest BCUT2D eigenvalue weighted by molar-refractivity contribution is -0.157. The van der Waals surface area contributed by atoms with Crippen LogP contribution in [0.15, 0.2) is 64.2 Å². The molecule has 0 aliphatic carbocycles. The third-order valence-electron chi connectivity index (χ3n) is 7.11. The van der Waals surface area contributed by atoms with Crippen molar-refractivity contribution >= 4 is 28.9 Å². The number of ether oxygens (including phenoxy) is 1. The normalized spacial score (nSPS) is 15.3. The van der Waals surface area contributed by atoms with Crippen molar-refractivity contribution in [3.8, 4) is 17.1 Å². The molecule has 0 bridgehead atoms. The Balaban J connectivity index is 1.27. The number of nitrogens with one attached hydrogen (secondary N) is 2. The van der Waals surface area contributed by atoms with Crippen LogP contribution in [0.4, 0.5) is 0 Å². The summed E-state index contributed by atoms with van der Waals surface area (Å²) in [5.74, 6) is -1.32. The number of carbonyl (C=O) groups is 3. The van der Waals surface area contributed by atoms with E-state index in [0.29, 0.717) is 55.1 Å². The summed E-state index contributed by atoms with van der Waals surface area (Å²) in [5.41, 5.74) is 3.60. The standard InChI is InChI=1S/C30H32N6O6/c1-3-16-34-27-25(29(40)35(17-4-2)30(34)41)31-26(32-27)20-10-12-21(13-11-20)42-18-23(37)33-36-24(38)15-14-22(28(36)39)19-8-6-5-7-9-19/h5-13,22H,3-4,14-18H2,1-2H3,(H,31,32)(H,33,37). The van der Waals surface area contributed by atoms with Gasteiger partial charge in [0.1, 0.15) is 17.1 Å². The van der Waals surface area contributed by atoms with Crippen molar-refractivity contribution in [1.82, 2.24) is 29.5 Å². The van der Waals surface area contributed by atoms with Crippen LogP contribution in [-0.4, -0.2) is 48.4 Å². The maximum absolute atomic E-state index is 13.0. The third kappa shape index (κ3) is 5.60. The van der Waals surface area contributed by atoms with Gasteiger partial charge >= 0.3 is 5.69 Å². The SMILES string of the molecule is CCCn1c(=O)c2[nH]c(-c3ccc(OCC(=O)NN4C(=O)CCC(c5ccccc5)C4=O)cc3)nc2n(CCC)c1=O. The van der Waals surface area contributed by atoms with E-state index < -0.39 is 35.8 Å². The lowest BCUT2D eigenvalue weighted by Crippen LogP contribution is -2.54. The zero-order valence-corrected chi connectivity index (χ0v) is 23.5. The molecule has 1 aliphatic rings. The second-order valence-corrected chi connectivity index (χ2v) is 10.1. The van der Waals surface area contributed by atoms with Crippen LogP contribution in [0.1, 0.15) is 51.0 Å². The number of aromatic nitrogens is 4. The molecule has 42 heavy (non-hydrogen) atoms. The summed E-state index contributed by atoms with van der Waals surface area (Å²) in [6.45, 7) is 4.18. The lowest BCUT2D eigenvalue weighted by Gasteiger charge is -2.30. The first-order chi connectivity index (χ1) is 20.3. The Morgan fingerprint density at radius 3 is 2.36 bits per heavy atom. The van der Waals surface area contributed by atoms with Crippen LogP contribution in [0.25, 0.3) is 22.6 Å². The number of amides is 3. The van der Waals surface area contributed by atoms with Crippen LogP contribution in [0.3, 0.4) is 0 Å². The summed E-state index contributed by atoms with van der Waals surface area (Å²) >= 11 is 0. The number of piperidine rings is 1. The summed E-state index contributed by atoms with van der Waals surface area (Å²) in [5, 5.41) is 0.782. The van der Waals surface area contributed by atoms with E-state index in [4.69, 9.17) is 4.74 Å². The van der Waals surface area contributed by atoms with Gasteiger partial charge in [-0.1, -0.05) is 44.2 Å². The molecule has 5 rings (SSSR count). The molecule has 0 radical (unpaired) electrons. The molecule has 0 spiro atoms. The number of aryl methyl sites for hydroxylation is 1. The van der Waals surface area contributed by atoms with E-state index in [1.165, 1.54) is 9.13 Å². The second-order valence-electron chi connectivity index (χ2n) is 10.1. The van der Waals surface area contributed by atoms with Crippen molar-refractivity contribution in [2.24, 2.45) is 0 Å². The largest absolute Gasteiger partial charge is 0.484 e. The molecular weight excluding hydrogens is 540 g/mol. The molecule has 2 N–H and O–H groups in total. The van der Waals surface area contributed by atoms with Crippen molar-refractivity contribution in [3.05, 3.63) is 81.0 Å². The third-order valence-corrected chi connectivity index (χ3v) is 7.11. The molecule has 2 aromatic heterocycles. The highest BCUT2D eigenvalue weighted by Crippen LogP contribution is 2.28. The quantitative estimate of drug-likeness (QED) is 0.278. The van der Waals surface area contributed by atoms with Gasteiger partial charge in [-0.05, 0) is 49.1 Å². The number of fused-ring (bicyclic) bond motifs is 1. The molecule has 3 heterocycles. The fraction of sp³-hybridized carbons (Fsp3) is 0.333. The predicted molar refractivity (Wildman–Crippen MR) is 155 cm³/mol. The van der Waals surface area contributed by atoms with Gasteiger partial charge in [-0.15, -0.1) is 0 Å². The van der Waals surface area contributed by atoms with Crippen LogP contribution in [0.2, 0.25) is 0 Å². The number of hydrogen-bond donors (Lipinski definition) is 2. The Morgan fingerprint density at radius 1 is 0.976 bits per heavy atom. The van der Waals surface area contributed by atoms with Gasteiger partial charge in [0, 0.05) is 25.1 Å². The minimum Gasteiger partial charge on any atom is -0.484 e. The molecule has 4 aromatic rings. The Kier molecular flexibility index (Phi) is 8.32. The molecule has 3 amide bonds. The summed E-state index contributed by atoms with van der Waals surface area (Å²) in [4.78, 5) is 71.4. The number of carbonyl (C=O) groups excluding carboxylic acids is 3. The Morgan fingerprint density at radius 2 is 1.67 bits per heavy atom. The zero-order valence-electron chi connectivity index (χ0n) is 23.5. The number of rotatable bonds is 10. The summed E-state index contributed by atoms with van der Waals surface area (Å²) in [6.07, 6.45) is 1.87. The average molecular weight is 573 g/mol. The Labute approximate surface area is 240 Å². The summed E-state index contributed by atoms with van der Waals surface area (Å²) in [7, 11) is 0. The van der Waals surface area contributed by atoms with Crippen LogP contribution in [-0.2, 0) is 27.5 Å². The maximum atomic E-state index is 13.0. The molecule has 1 unspecified atom stereocenters. The number of nitrogens with zero attached hydrogens (tertiary/aromatic N) is 4. The van der Waals surface area contributed by atoms with Crippen LogP contribution >= 0.6 is 0 Å². The molecule has 1 aliphatic heterocycles. The number of hydrazine groups is 1. The van der Waals surface area contributed by atoms with Gasteiger partial charge in [-0.25, -0.2) is 9.78 Å². The van der Waals surface area contributed by atoms with Gasteiger partial charge in [-0.3, -0.25) is 33.7 Å². The highest BCUT2D eigenvalue weighted by molar-refractivity contribution is 6.02. The first kappa shape index (κ1) is 28.5. The first-order valence-corrected chi connectivity index (χ1v) is 14.0. The van der Waals surface area contributed by atoms with E-state index in [1.54, 1.807) is 24.3 Å². The number of imidazole rings is 1. The fourth-order valence-electron chi connectivity index (χ4n) is 5.06. The minimum absolute atomic E-state index is 0.136. The molecule has 1 fully saturated rings. The molecule has 1 atom stereocenters. The van der Waals surface area contributed by atoms with Crippen molar-refractivity contribution in [1.29, 1.82) is 0 Å². The summed E-state index contributed by atoms with van der Waals surface area (Å²) in [6, 6.07) is 15.8. The number of aromatic amines is 1. The van der Waals surface area contributed by atoms with Gasteiger partial charge in [-0.2, -0.15) is 5.01 Å². The smallest absolute Gasteiger partial charge is 0.332 e. The number of imide groups is 1. The number of hydrogen-bond acceptors (Lipinski definition) is 7. The van der Waals surface area contributed by atoms with E-state index in [2.05, 4.69) is 15.4 Å². The number of benzene rings is 2. The molecule has 0 saturated carbocycles. The van der Waals surface area contributed by atoms with E-state index in [1.807, 2.05) is 44.2 Å². The van der Waals surface area contributed by atoms with Crippen molar-refractivity contribution in [3.63, 3.8) is 0 Å². The fourth-order valence-corrected chi connectivity index (χ4v) is 5.06. The average Bonchev–Trinajstić information content (AvgIpc) is 3.45. The van der Waals surface area contributed by atoms with E-state index >= 15 is 0 Å². The van der Waals surface area contributed by atoms with Gasteiger partial charge in [0.15, 0.2) is 12.3 Å². The first-order valence-electron chi connectivity index (χ1n) is 14.0. The maximum Gasteiger partial charge on any atom is 0.332 e. The number of H-pyrrole nitrogens is 1. The van der Waals surface area contributed by atoms with Crippen molar-refractivity contribution < 1.29 is 19.1 Å². The molecular formula is C30H32N6O6. The van der Waals surface area contributed by atoms with Gasteiger partial charge < -0.3 is 9.72 Å². The lowest BCUT2D eigenvalue weighted by atomic mass is 9.90. The second kappa shape index (κ2) is 12.2. The molecule has 1 saturated heterocycles. The van der Waals surface area contributed by atoms with Crippen LogP contribution in [0, 0.1) is 0 Å². The topological polar surface area (TPSA) is 148 Å². The van der Waals surface area contributed by atoms with Gasteiger partial charge in [0.25, 0.3) is 17.4 Å². The van der Waals surface area contributed by atoms with E-state index in [0.717, 1.165) is 10.6 Å². The Hall–Kier alpha value is -5.00. The Bertz CT molecular complexity index is 1740. The zero-order chi connectivity index (χ0) is 29.8. The van der Waals surface area contributed by atoms with Gasteiger partial charge in [0.2, 0.25) is 5.91 Å². The highest BCUT2D eigenvalue weighted by atomic mass is 16.5. The van der Waals surface area contributed by atoms with Gasteiger partial charge in [0.05, 0.1) is 5.92 Å². The minimum atomic E-state index is -0.649.